The van der Waals surface area contributed by atoms with Crippen LogP contribution in [0.25, 0.3) is 0 Å². The van der Waals surface area contributed by atoms with Crippen molar-refractivity contribution in [2.75, 3.05) is 0 Å². The van der Waals surface area contributed by atoms with E-state index in [2.05, 4.69) is 0 Å². The minimum atomic E-state index is -2.87. The maximum Gasteiger partial charge on any atom is 0.203 e. The van der Waals surface area contributed by atoms with Gasteiger partial charge >= 0.3 is 0 Å². The third-order valence-corrected chi connectivity index (χ3v) is 0. The van der Waals surface area contributed by atoms with E-state index >= 15 is 0 Å². The van der Waals surface area contributed by atoms with Gasteiger partial charge in [-0.05, 0) is 0 Å². The fourth-order valence-electron chi connectivity index (χ4n) is 0. The van der Waals surface area contributed by atoms with E-state index in [1.54, 1.807) is 0 Å². The largest absolute Gasteiger partial charge is 0.348 e. The Balaban J connectivity index is 0. The molecule has 0 rings (SSSR count). The fraction of sp³-hybridized carbons (Fsp3) is 0. The molecule has 1 N–H and O–H groups in total. The summed E-state index contributed by atoms with van der Waals surface area (Å²) >= 11 is 0. The van der Waals surface area contributed by atoms with Crippen LogP contribution in [-0.4, -0.2) is 6.17 Å². The molecule has 0 fully saturated rings. The van der Waals surface area contributed by atoms with Gasteiger partial charge in [0.05, 0.1) is 0 Å². The smallest absolute Gasteiger partial charge is 0.203 e. The number of hydrogen-bond donors (Lipinski definition) is 1. The molecule has 0 aliphatic carbocycles. The van der Waals surface area contributed by atoms with Crippen LogP contribution < -0.4 is 0 Å². The molecule has 0 aliphatic heterocycles. The van der Waals surface area contributed by atoms with E-state index in [-0.39, 0.29) is 31.1 Å². The molecule has 4 heteroatoms. The predicted octanol–water partition coefficient (Wildman–Crippen LogP) is 0.457. The van der Waals surface area contributed by atoms with Gasteiger partial charge in [0.1, 0.15) is 1.28 Å². The molecule has 24 valence electrons. The summed E-state index contributed by atoms with van der Waals surface area (Å²) < 4.78 is 15.8. The standard InChI is InChI=1S/FH2OP.U/c1-3-2;/h2-3H;/i3D;. The maximum atomic E-state index is 10.3. The molecule has 1 atom stereocenters. The summed E-state index contributed by atoms with van der Waals surface area (Å²) in [6.45, 7) is 0. The van der Waals surface area contributed by atoms with Crippen molar-refractivity contribution >= 4 is 9.06 Å². The Morgan fingerprint density at radius 2 is 2.25 bits per heavy atom. The van der Waals surface area contributed by atoms with Crippen LogP contribution in [0.1, 0.15) is 0 Å². The molecular weight excluding hydrogens is 304 g/mol. The minimum Gasteiger partial charge on any atom is -0.348 e. The Bertz CT molecular complexity index is 16.4. The summed E-state index contributed by atoms with van der Waals surface area (Å²) in [4.78, 5) is 7.12. The van der Waals surface area contributed by atoms with Gasteiger partial charge in [0, 0.05) is 31.1 Å². The van der Waals surface area contributed by atoms with Crippen molar-refractivity contribution in [3.8, 4) is 0 Å². The topological polar surface area (TPSA) is 20.2 Å². The first-order valence-corrected chi connectivity index (χ1v) is 1.11. The average Bonchev–Trinajstić information content (AvgIpc) is 0.811. The van der Waals surface area contributed by atoms with Crippen molar-refractivity contribution in [1.82, 2.24) is 0 Å². The summed E-state index contributed by atoms with van der Waals surface area (Å²) in [6, 6.07) is 0. The van der Waals surface area contributed by atoms with Crippen LogP contribution in [0.4, 0.5) is 4.20 Å². The monoisotopic (exact) mass is 307 g/mol. The van der Waals surface area contributed by atoms with Crippen molar-refractivity contribution in [3.63, 3.8) is 0 Å². The zero-order valence-corrected chi connectivity index (χ0v) is 6.83. The van der Waals surface area contributed by atoms with E-state index in [1.807, 2.05) is 0 Å². The van der Waals surface area contributed by atoms with Gasteiger partial charge in [-0.15, -0.1) is 0 Å². The SMILES string of the molecule is [2H]P(O)F.[U]. The third kappa shape index (κ3) is 10.1. The van der Waals surface area contributed by atoms with Crippen LogP contribution in [0.3, 0.4) is 0 Å². The van der Waals surface area contributed by atoms with E-state index in [0.717, 1.165) is 0 Å². The summed E-state index contributed by atoms with van der Waals surface area (Å²) in [5.74, 6) is 0. The Kier molecular flexibility index (Phi) is 11.9. The molecule has 0 saturated heterocycles. The second-order valence-electron chi connectivity index (χ2n) is 0.0756. The third-order valence-electron chi connectivity index (χ3n) is 0. The van der Waals surface area contributed by atoms with Crippen LogP contribution in [-0.2, 0) is 0 Å². The summed E-state index contributed by atoms with van der Waals surface area (Å²) in [5.41, 5.74) is 0. The molecule has 0 amide bonds. The van der Waals surface area contributed by atoms with Gasteiger partial charge in [-0.2, -0.15) is 4.20 Å². The molecule has 0 heterocycles. The number of halogens is 1. The zero-order chi connectivity index (χ0) is 3.58. The first-order chi connectivity index (χ1) is 1.73. The van der Waals surface area contributed by atoms with Crippen LogP contribution >= 0.6 is 9.06 Å². The van der Waals surface area contributed by atoms with E-state index < -0.39 is 9.06 Å². The van der Waals surface area contributed by atoms with Gasteiger partial charge in [-0.25, -0.2) is 0 Å². The first kappa shape index (κ1) is 5.37. The van der Waals surface area contributed by atoms with Crippen LogP contribution in [0, 0.1) is 31.1 Å². The maximum absolute atomic E-state index is 10.3. The van der Waals surface area contributed by atoms with E-state index in [4.69, 9.17) is 6.17 Å². The summed E-state index contributed by atoms with van der Waals surface area (Å²) in [7, 11) is -2.87. The zero-order valence-electron chi connectivity index (χ0n) is 2.77. The number of hydrogen-bond acceptors (Lipinski definition) is 1. The van der Waals surface area contributed by atoms with Crippen LogP contribution in [0.5, 0.6) is 0 Å². The van der Waals surface area contributed by atoms with E-state index in [0.29, 0.717) is 0 Å². The molecule has 0 aromatic rings. The van der Waals surface area contributed by atoms with Crippen molar-refractivity contribution in [3.05, 3.63) is 0 Å². The molecule has 4 heavy (non-hydrogen) atoms. The van der Waals surface area contributed by atoms with Gasteiger partial charge in [-0.3, -0.25) is 0 Å². The quantitative estimate of drug-likeness (QED) is 0.645. The fourth-order valence-corrected chi connectivity index (χ4v) is 0. The summed E-state index contributed by atoms with van der Waals surface area (Å²) in [5, 5.41) is 0. The molecule has 0 saturated carbocycles. The first-order valence-electron chi connectivity index (χ1n) is 0.816. The molecule has 0 aromatic carbocycles. The number of rotatable bonds is 0. The normalized spacial score (nSPS) is 16.0. The molecule has 0 aliphatic rings. The van der Waals surface area contributed by atoms with Crippen molar-refractivity contribution in [2.24, 2.45) is 0 Å². The Labute approximate surface area is 50.6 Å². The second-order valence-corrected chi connectivity index (χ2v) is 0.227. The van der Waals surface area contributed by atoms with Crippen molar-refractivity contribution in [1.29, 1.82) is 1.28 Å². The second kappa shape index (κ2) is 8.84. The van der Waals surface area contributed by atoms with Gasteiger partial charge in [0.25, 0.3) is 0 Å². The van der Waals surface area contributed by atoms with Crippen molar-refractivity contribution in [2.45, 2.75) is 0 Å². The van der Waals surface area contributed by atoms with Gasteiger partial charge in [0.2, 0.25) is 9.06 Å². The predicted molar refractivity (Wildman–Crippen MR) is 11.6 cm³/mol. The average molecular weight is 307 g/mol. The van der Waals surface area contributed by atoms with Crippen molar-refractivity contribution < 1.29 is 40.2 Å². The van der Waals surface area contributed by atoms with Crippen LogP contribution in [0.2, 0.25) is 0 Å². The van der Waals surface area contributed by atoms with Crippen LogP contribution in [0.15, 0.2) is 0 Å². The Morgan fingerprint density at radius 3 is 2.25 bits per heavy atom. The minimum absolute atomic E-state index is 0. The van der Waals surface area contributed by atoms with E-state index in [1.165, 1.54) is 0 Å². The molecule has 0 aromatic heterocycles. The molecule has 0 spiro atoms. The van der Waals surface area contributed by atoms with E-state index in [9.17, 15) is 4.20 Å². The molecule has 0 radical (unpaired) electrons. The Morgan fingerprint density at radius 1 is 2.25 bits per heavy atom. The van der Waals surface area contributed by atoms with Gasteiger partial charge in [-0.1, -0.05) is 0 Å². The van der Waals surface area contributed by atoms with Gasteiger partial charge < -0.3 is 4.89 Å². The van der Waals surface area contributed by atoms with Gasteiger partial charge in [0.15, 0.2) is 0 Å². The Hall–Kier alpha value is 1.37. The summed E-state index contributed by atoms with van der Waals surface area (Å²) in [6.07, 6.45) is 0. The molecule has 1 nitrogen and oxygen atoms in total. The molecule has 0 bridgehead atoms. The molecule has 1 unspecified atom stereocenters. The molecular formula is H2FOPU.